The maximum atomic E-state index is 4.40. The maximum Gasteiger partial charge on any atom is 0.115 e. The Morgan fingerprint density at radius 1 is 0.647 bits per heavy atom. The van der Waals surface area contributed by atoms with Crippen molar-refractivity contribution in [2.75, 3.05) is 12.4 Å². The van der Waals surface area contributed by atoms with Gasteiger partial charge in [-0.25, -0.2) is 9.97 Å². The number of aromatic nitrogens is 2. The van der Waals surface area contributed by atoms with E-state index in [1.54, 1.807) is 6.33 Å². The topological polar surface area (TPSA) is 37.8 Å². The summed E-state index contributed by atoms with van der Waals surface area (Å²) in [6.07, 6.45) is 2.47. The molecule has 0 bridgehead atoms. The van der Waals surface area contributed by atoms with E-state index in [9.17, 15) is 0 Å². The van der Waals surface area contributed by atoms with Crippen molar-refractivity contribution in [3.8, 4) is 0 Å². The maximum absolute atomic E-state index is 4.40. The highest BCUT2D eigenvalue weighted by Gasteiger charge is 2.26. The molecule has 0 spiro atoms. The molecule has 174 valence electrons. The molecule has 0 fully saturated rings. The van der Waals surface area contributed by atoms with Crippen LogP contribution in [0.3, 0.4) is 0 Å². The van der Waals surface area contributed by atoms with Crippen molar-refractivity contribution in [3.63, 3.8) is 0 Å². The smallest absolute Gasteiger partial charge is 0.115 e. The first kappa shape index (κ1) is 23.7. The number of aryl methyl sites for hydroxylation is 1. The van der Waals surface area contributed by atoms with Crippen LogP contribution in [-0.4, -0.2) is 17.0 Å². The second-order valence-electron chi connectivity index (χ2n) is 10.2. The summed E-state index contributed by atoms with van der Waals surface area (Å²) in [5.41, 5.74) is 9.57. The Morgan fingerprint density at radius 3 is 1.53 bits per heavy atom. The van der Waals surface area contributed by atoms with Crippen LogP contribution >= 0.6 is 0 Å². The van der Waals surface area contributed by atoms with Gasteiger partial charge in [-0.3, -0.25) is 0 Å². The van der Waals surface area contributed by atoms with Gasteiger partial charge in [0.25, 0.3) is 0 Å². The van der Waals surface area contributed by atoms with E-state index < -0.39 is 0 Å². The van der Waals surface area contributed by atoms with Gasteiger partial charge in [-0.2, -0.15) is 0 Å². The fourth-order valence-corrected chi connectivity index (χ4v) is 4.55. The lowest BCUT2D eigenvalue weighted by atomic mass is 9.74. The minimum absolute atomic E-state index is 0.0596. The average molecular weight is 450 g/mol. The van der Waals surface area contributed by atoms with Crippen LogP contribution in [0.25, 0.3) is 0 Å². The zero-order chi connectivity index (χ0) is 24.3. The molecule has 0 aliphatic heterocycles. The summed E-state index contributed by atoms with van der Waals surface area (Å²) in [7, 11) is 1.95. The molecule has 1 aromatic heterocycles. The standard InChI is InChI=1S/C31H35N3/c1-22-19-29(34-21-33-22)20-23-7-9-24(10-8-23)30(2,3)25-11-13-26(14-12-25)31(4,5)27-15-17-28(32-6)18-16-27/h7-19,21,32H,20H2,1-6H3. The Hall–Kier alpha value is -3.46. The number of hydrogen-bond acceptors (Lipinski definition) is 3. The van der Waals surface area contributed by atoms with Crippen LogP contribution in [0.5, 0.6) is 0 Å². The molecule has 0 saturated heterocycles. The Morgan fingerprint density at radius 2 is 1.09 bits per heavy atom. The third kappa shape index (κ3) is 4.89. The van der Waals surface area contributed by atoms with E-state index in [-0.39, 0.29) is 10.8 Å². The third-order valence-electron chi connectivity index (χ3n) is 7.14. The van der Waals surface area contributed by atoms with Crippen LogP contribution in [0.2, 0.25) is 0 Å². The molecular weight excluding hydrogens is 414 g/mol. The monoisotopic (exact) mass is 449 g/mol. The number of rotatable bonds is 7. The van der Waals surface area contributed by atoms with Gasteiger partial charge in [0, 0.05) is 41.4 Å². The molecule has 0 aliphatic rings. The van der Waals surface area contributed by atoms with E-state index in [2.05, 4.69) is 122 Å². The second kappa shape index (κ2) is 9.42. The lowest BCUT2D eigenvalue weighted by molar-refractivity contribution is 0.626. The van der Waals surface area contributed by atoms with Crippen molar-refractivity contribution in [2.45, 2.75) is 51.9 Å². The van der Waals surface area contributed by atoms with Gasteiger partial charge in [-0.1, -0.05) is 88.4 Å². The van der Waals surface area contributed by atoms with E-state index in [4.69, 9.17) is 0 Å². The quantitative estimate of drug-likeness (QED) is 0.328. The highest BCUT2D eigenvalue weighted by Crippen LogP contribution is 2.36. The van der Waals surface area contributed by atoms with Crippen LogP contribution in [0.1, 0.15) is 66.9 Å². The predicted octanol–water partition coefficient (Wildman–Crippen LogP) is 7.07. The third-order valence-corrected chi connectivity index (χ3v) is 7.14. The summed E-state index contributed by atoms with van der Waals surface area (Å²) < 4.78 is 0. The Balaban J connectivity index is 1.53. The van der Waals surface area contributed by atoms with Crippen LogP contribution in [-0.2, 0) is 17.3 Å². The van der Waals surface area contributed by atoms with Gasteiger partial charge in [-0.05, 0) is 52.9 Å². The van der Waals surface area contributed by atoms with Crippen molar-refractivity contribution in [1.82, 2.24) is 9.97 Å². The zero-order valence-electron chi connectivity index (χ0n) is 21.2. The molecule has 4 rings (SSSR count). The Kier molecular flexibility index (Phi) is 6.56. The molecule has 0 saturated carbocycles. The van der Waals surface area contributed by atoms with Crippen molar-refractivity contribution >= 4 is 5.69 Å². The number of benzene rings is 3. The molecular formula is C31H35N3. The predicted molar refractivity (Wildman–Crippen MR) is 143 cm³/mol. The highest BCUT2D eigenvalue weighted by molar-refractivity contribution is 5.49. The van der Waals surface area contributed by atoms with Gasteiger partial charge in [0.1, 0.15) is 6.33 Å². The number of nitrogens with one attached hydrogen (secondary N) is 1. The Labute approximate surface area is 204 Å². The molecule has 0 unspecified atom stereocenters. The van der Waals surface area contributed by atoms with E-state index in [1.807, 2.05) is 14.0 Å². The van der Waals surface area contributed by atoms with Crippen LogP contribution < -0.4 is 5.32 Å². The van der Waals surface area contributed by atoms with E-state index in [0.29, 0.717) is 0 Å². The number of nitrogens with zero attached hydrogens (tertiary/aromatic N) is 2. The number of anilines is 1. The van der Waals surface area contributed by atoms with Crippen LogP contribution in [0.15, 0.2) is 85.2 Å². The van der Waals surface area contributed by atoms with Gasteiger partial charge in [0.15, 0.2) is 0 Å². The summed E-state index contributed by atoms with van der Waals surface area (Å²) >= 11 is 0. The normalized spacial score (nSPS) is 11.9. The summed E-state index contributed by atoms with van der Waals surface area (Å²) in [5.74, 6) is 0. The molecule has 3 nitrogen and oxygen atoms in total. The summed E-state index contributed by atoms with van der Waals surface area (Å²) in [6.45, 7) is 11.2. The van der Waals surface area contributed by atoms with Crippen molar-refractivity contribution in [3.05, 3.63) is 124 Å². The summed E-state index contributed by atoms with van der Waals surface area (Å²) in [4.78, 5) is 8.59. The Bertz CT molecular complexity index is 1240. The van der Waals surface area contributed by atoms with E-state index in [1.165, 1.54) is 27.8 Å². The molecule has 1 N–H and O–H groups in total. The molecule has 3 aromatic carbocycles. The fourth-order valence-electron chi connectivity index (χ4n) is 4.55. The van der Waals surface area contributed by atoms with Gasteiger partial charge in [0.05, 0.1) is 0 Å². The molecule has 34 heavy (non-hydrogen) atoms. The van der Waals surface area contributed by atoms with Crippen molar-refractivity contribution in [1.29, 1.82) is 0 Å². The zero-order valence-corrected chi connectivity index (χ0v) is 21.2. The van der Waals surface area contributed by atoms with Gasteiger partial charge >= 0.3 is 0 Å². The summed E-state index contributed by atoms with van der Waals surface area (Å²) in [6, 6.07) is 28.9. The minimum atomic E-state index is -0.0822. The molecule has 1 heterocycles. The minimum Gasteiger partial charge on any atom is -0.388 e. The summed E-state index contributed by atoms with van der Waals surface area (Å²) in [5, 5.41) is 3.20. The molecule has 0 aliphatic carbocycles. The van der Waals surface area contributed by atoms with Crippen LogP contribution in [0.4, 0.5) is 5.69 Å². The number of hydrogen-bond donors (Lipinski definition) is 1. The molecule has 0 atom stereocenters. The highest BCUT2D eigenvalue weighted by atomic mass is 14.8. The van der Waals surface area contributed by atoms with E-state index >= 15 is 0 Å². The first-order valence-electron chi connectivity index (χ1n) is 12.0. The van der Waals surface area contributed by atoms with Crippen molar-refractivity contribution < 1.29 is 0 Å². The second-order valence-corrected chi connectivity index (χ2v) is 10.2. The first-order chi connectivity index (χ1) is 16.2. The first-order valence-corrected chi connectivity index (χ1v) is 12.0. The molecule has 4 aromatic rings. The lowest BCUT2D eigenvalue weighted by Crippen LogP contribution is -2.21. The molecule has 0 amide bonds. The van der Waals surface area contributed by atoms with Gasteiger partial charge in [-0.15, -0.1) is 0 Å². The van der Waals surface area contributed by atoms with Crippen LogP contribution in [0, 0.1) is 6.92 Å². The lowest BCUT2D eigenvalue weighted by Gasteiger charge is -2.29. The van der Waals surface area contributed by atoms with Crippen molar-refractivity contribution in [2.24, 2.45) is 0 Å². The van der Waals surface area contributed by atoms with E-state index in [0.717, 1.165) is 23.5 Å². The van der Waals surface area contributed by atoms with Gasteiger partial charge in [0.2, 0.25) is 0 Å². The fraction of sp³-hybridized carbons (Fsp3) is 0.290. The SMILES string of the molecule is CNc1ccc(C(C)(C)c2ccc(C(C)(C)c3ccc(Cc4cc(C)ncn4)cc3)cc2)cc1. The molecule has 3 heteroatoms. The molecule has 0 radical (unpaired) electrons. The average Bonchev–Trinajstić information content (AvgIpc) is 2.84. The van der Waals surface area contributed by atoms with Gasteiger partial charge < -0.3 is 5.32 Å². The largest absolute Gasteiger partial charge is 0.388 e.